The van der Waals surface area contributed by atoms with Crippen molar-refractivity contribution in [2.75, 3.05) is 26.9 Å². The predicted molar refractivity (Wildman–Crippen MR) is 195 cm³/mol. The van der Waals surface area contributed by atoms with Crippen LogP contribution in [0.15, 0.2) is 86.0 Å². The Balaban J connectivity index is 1.51. The molecule has 3 aliphatic rings. The third kappa shape index (κ3) is 8.01. The van der Waals surface area contributed by atoms with Gasteiger partial charge in [-0.15, -0.1) is 13.2 Å². The van der Waals surface area contributed by atoms with Crippen molar-refractivity contribution >= 4 is 23.7 Å². The molecule has 2 bridgehead atoms. The summed E-state index contributed by atoms with van der Waals surface area (Å²) in [5, 5.41) is 13.7. The van der Waals surface area contributed by atoms with Crippen molar-refractivity contribution in [3.05, 3.63) is 97.1 Å². The molecule has 2 aromatic carbocycles. The third-order valence-corrected chi connectivity index (χ3v) is 10.5. The zero-order chi connectivity index (χ0) is 37.4. The highest BCUT2D eigenvalue weighted by molar-refractivity contribution is 5.98. The summed E-state index contributed by atoms with van der Waals surface area (Å²) in [4.78, 5) is 60.3. The molecular weight excluding hydrogens is 662 g/mol. The first-order valence-corrected chi connectivity index (χ1v) is 18.3. The van der Waals surface area contributed by atoms with Crippen LogP contribution < -0.4 is 5.32 Å². The fourth-order valence-electron chi connectivity index (χ4n) is 8.34. The fourth-order valence-corrected chi connectivity index (χ4v) is 8.34. The number of carbonyl (C=O) groups is 4. The lowest BCUT2D eigenvalue weighted by Gasteiger charge is -2.39. The number of rotatable bonds is 19. The number of fused-ring (bicyclic) bond motifs is 1. The molecule has 11 nitrogen and oxygen atoms in total. The van der Waals surface area contributed by atoms with Gasteiger partial charge in [0.1, 0.15) is 17.7 Å². The van der Waals surface area contributed by atoms with E-state index in [1.165, 1.54) is 12.0 Å². The fraction of sp³-hybridized carbons (Fsp3) is 0.512. The highest BCUT2D eigenvalue weighted by Crippen LogP contribution is 2.59. The number of ether oxygens (including phenoxy) is 3. The van der Waals surface area contributed by atoms with Crippen LogP contribution in [-0.2, 0) is 39.9 Å². The summed E-state index contributed by atoms with van der Waals surface area (Å²) in [5.41, 5.74) is 0.262. The molecule has 0 unspecified atom stereocenters. The average Bonchev–Trinajstić information content (AvgIpc) is 3.79. The molecule has 0 saturated carbocycles. The lowest BCUT2D eigenvalue weighted by atomic mass is 9.70. The lowest BCUT2D eigenvalue weighted by Crippen LogP contribution is -2.58. The predicted octanol–water partition coefficient (Wildman–Crippen LogP) is 4.36. The molecule has 11 heteroatoms. The van der Waals surface area contributed by atoms with Gasteiger partial charge in [-0.1, -0.05) is 86.7 Å². The topological polar surface area (TPSA) is 135 Å². The summed E-state index contributed by atoms with van der Waals surface area (Å²) in [5.74, 6) is -3.52. The van der Waals surface area contributed by atoms with Crippen LogP contribution in [0.1, 0.15) is 63.2 Å². The van der Waals surface area contributed by atoms with Crippen molar-refractivity contribution in [2.45, 2.75) is 88.4 Å². The summed E-state index contributed by atoms with van der Waals surface area (Å²) in [7, 11) is 1.51. The van der Waals surface area contributed by atoms with Crippen LogP contribution in [0.4, 0.5) is 0 Å². The van der Waals surface area contributed by atoms with Crippen LogP contribution in [0.5, 0.6) is 0 Å². The van der Waals surface area contributed by atoms with Crippen LogP contribution in [0.3, 0.4) is 0 Å². The summed E-state index contributed by atoms with van der Waals surface area (Å²) >= 11 is 0. The number of likely N-dealkylation sites (tertiary alicyclic amines) is 1. The first kappa shape index (κ1) is 38.9. The molecule has 3 amide bonds. The van der Waals surface area contributed by atoms with E-state index in [9.17, 15) is 24.3 Å². The van der Waals surface area contributed by atoms with Gasteiger partial charge in [0.05, 0.1) is 43.2 Å². The molecule has 1 spiro atoms. The molecule has 2 aromatic rings. The van der Waals surface area contributed by atoms with Crippen LogP contribution in [-0.4, -0.2) is 95.3 Å². The summed E-state index contributed by atoms with van der Waals surface area (Å²) in [6.45, 7) is 11.8. The maximum absolute atomic E-state index is 14.9. The van der Waals surface area contributed by atoms with Gasteiger partial charge in [-0.25, -0.2) is 0 Å². The first-order valence-electron chi connectivity index (χ1n) is 18.3. The number of benzene rings is 2. The molecule has 3 fully saturated rings. The van der Waals surface area contributed by atoms with Gasteiger partial charge < -0.3 is 34.4 Å². The van der Waals surface area contributed by atoms with Gasteiger partial charge in [-0.2, -0.15) is 0 Å². The molecule has 2 N–H and O–H groups in total. The second-order valence-corrected chi connectivity index (χ2v) is 14.5. The molecule has 280 valence electrons. The number of nitrogens with one attached hydrogen (secondary N) is 1. The van der Waals surface area contributed by atoms with E-state index in [0.29, 0.717) is 31.2 Å². The summed E-state index contributed by atoms with van der Waals surface area (Å²) < 4.78 is 18.5. The van der Waals surface area contributed by atoms with Crippen molar-refractivity contribution < 1.29 is 38.5 Å². The highest BCUT2D eigenvalue weighted by atomic mass is 16.6. The summed E-state index contributed by atoms with van der Waals surface area (Å²) in [6.07, 6.45) is 3.69. The molecule has 5 rings (SSSR count). The van der Waals surface area contributed by atoms with E-state index < -0.39 is 59.6 Å². The lowest BCUT2D eigenvalue weighted by molar-refractivity contribution is -0.163. The van der Waals surface area contributed by atoms with E-state index in [1.54, 1.807) is 17.1 Å². The Bertz CT molecular complexity index is 1570. The van der Waals surface area contributed by atoms with Crippen LogP contribution in [0.2, 0.25) is 0 Å². The van der Waals surface area contributed by atoms with Gasteiger partial charge in [0, 0.05) is 26.6 Å². The Labute approximate surface area is 307 Å². The van der Waals surface area contributed by atoms with Gasteiger partial charge >= 0.3 is 5.97 Å². The van der Waals surface area contributed by atoms with E-state index >= 15 is 0 Å². The second kappa shape index (κ2) is 17.5. The van der Waals surface area contributed by atoms with Crippen molar-refractivity contribution in [3.8, 4) is 0 Å². The van der Waals surface area contributed by atoms with Crippen molar-refractivity contribution in [2.24, 2.45) is 17.8 Å². The first-order chi connectivity index (χ1) is 25.1. The van der Waals surface area contributed by atoms with Crippen LogP contribution in [0.25, 0.3) is 0 Å². The quantitative estimate of drug-likeness (QED) is 0.162. The van der Waals surface area contributed by atoms with Gasteiger partial charge in [0.2, 0.25) is 17.7 Å². The third-order valence-electron chi connectivity index (χ3n) is 10.5. The number of esters is 1. The minimum atomic E-state index is -1.30. The van der Waals surface area contributed by atoms with Gasteiger partial charge in [-0.05, 0) is 42.7 Å². The number of hydrogen-bond acceptors (Lipinski definition) is 8. The maximum Gasteiger partial charge on any atom is 0.313 e. The zero-order valence-electron chi connectivity index (χ0n) is 30.5. The molecule has 0 aromatic heterocycles. The average molecular weight is 716 g/mol. The SMILES string of the molecule is C=CCCC(=O)N[C@H](COC)[C@H](OC(=O)[C@@H]1[C@@H]2CC[C@]3(O2)[C@H](C(=O)N(CC=C)Cc2ccccc2)N([C@@H](CO)CC(C)C)C(=O)[C@@H]13)c1ccccc1. The number of hydrogen-bond donors (Lipinski definition) is 2. The zero-order valence-corrected chi connectivity index (χ0v) is 30.5. The summed E-state index contributed by atoms with van der Waals surface area (Å²) in [6, 6.07) is 16.2. The highest BCUT2D eigenvalue weighted by Gasteiger charge is 2.75. The number of amides is 3. The number of aliphatic hydroxyl groups excluding tert-OH is 1. The van der Waals surface area contributed by atoms with Crippen molar-refractivity contribution in [1.82, 2.24) is 15.1 Å². The van der Waals surface area contributed by atoms with E-state index in [1.807, 2.05) is 74.5 Å². The Morgan fingerprint density at radius 3 is 2.40 bits per heavy atom. The smallest absolute Gasteiger partial charge is 0.313 e. The second-order valence-electron chi connectivity index (χ2n) is 14.5. The number of carbonyl (C=O) groups excluding carboxylic acids is 4. The van der Waals surface area contributed by atoms with Crippen LogP contribution in [0, 0.1) is 17.8 Å². The minimum Gasteiger partial charge on any atom is -0.455 e. The molecular formula is C41H53N3O8. The minimum absolute atomic E-state index is 0.0574. The Morgan fingerprint density at radius 2 is 1.79 bits per heavy atom. The van der Waals surface area contributed by atoms with Gasteiger partial charge in [0.25, 0.3) is 0 Å². The van der Waals surface area contributed by atoms with Gasteiger partial charge in [0.15, 0.2) is 0 Å². The molecule has 0 aliphatic carbocycles. The largest absolute Gasteiger partial charge is 0.455 e. The number of nitrogens with zero attached hydrogens (tertiary/aromatic N) is 2. The Kier molecular flexibility index (Phi) is 13.1. The van der Waals surface area contributed by atoms with Crippen molar-refractivity contribution in [1.29, 1.82) is 0 Å². The molecule has 3 aliphatic heterocycles. The standard InChI is InChI=1S/C41H53N3O8/c1-6-8-19-33(46)42-31(26-50-5)36(29-17-13-10-14-18-29)51-40(49)34-32-20-21-41(52-32)35(34)38(47)44(30(25-45)23-27(3)4)37(41)39(48)43(22-7-2)24-28-15-11-9-12-16-28/h6-7,9-18,27,30-32,34-37,45H,1-2,8,19-26H2,3-5H3,(H,42,46)/t30-,31-,32+,34-,35-,36-,37+,41-/m1/s1. The molecule has 0 radical (unpaired) electrons. The molecule has 3 heterocycles. The Hall–Kier alpha value is -4.32. The number of aliphatic hydroxyl groups is 1. The van der Waals surface area contributed by atoms with E-state index in [0.717, 1.165) is 5.56 Å². The van der Waals surface area contributed by atoms with E-state index in [-0.39, 0.29) is 50.5 Å². The monoisotopic (exact) mass is 715 g/mol. The van der Waals surface area contributed by atoms with Gasteiger partial charge in [-0.3, -0.25) is 19.2 Å². The van der Waals surface area contributed by atoms with Crippen molar-refractivity contribution in [3.63, 3.8) is 0 Å². The Morgan fingerprint density at radius 1 is 1.10 bits per heavy atom. The molecule has 52 heavy (non-hydrogen) atoms. The van der Waals surface area contributed by atoms with E-state index in [4.69, 9.17) is 14.2 Å². The number of methoxy groups -OCH3 is 1. The number of allylic oxidation sites excluding steroid dienone is 1. The van der Waals surface area contributed by atoms with E-state index in [2.05, 4.69) is 18.5 Å². The normalized spacial score (nSPS) is 24.9. The van der Waals surface area contributed by atoms with Crippen LogP contribution >= 0.6 is 0 Å². The molecule has 8 atom stereocenters. The maximum atomic E-state index is 14.9. The molecule has 3 saturated heterocycles.